The molecule has 6 heteroatoms. The highest BCUT2D eigenvalue weighted by Gasteiger charge is 2.46. The van der Waals surface area contributed by atoms with Gasteiger partial charge in [-0.25, -0.2) is 8.42 Å². The molecule has 2 fully saturated rings. The number of sulfone groups is 1. The lowest BCUT2D eigenvalue weighted by Gasteiger charge is -2.30. The van der Waals surface area contributed by atoms with Crippen LogP contribution in [0.4, 0.5) is 0 Å². The van der Waals surface area contributed by atoms with Crippen LogP contribution in [0.1, 0.15) is 31.2 Å². The van der Waals surface area contributed by atoms with Crippen molar-refractivity contribution < 1.29 is 17.9 Å². The Labute approximate surface area is 192 Å². The average molecular weight is 458 g/mol. The fourth-order valence-corrected chi connectivity index (χ4v) is 7.15. The van der Waals surface area contributed by atoms with E-state index in [1.54, 1.807) is 31.4 Å². The summed E-state index contributed by atoms with van der Waals surface area (Å²) in [6, 6.07) is 18.7. The van der Waals surface area contributed by atoms with Crippen LogP contribution in [0.5, 0.6) is 0 Å². The van der Waals surface area contributed by atoms with E-state index in [4.69, 9.17) is 9.47 Å². The highest BCUT2D eigenvalue weighted by atomic mass is 32.2. The summed E-state index contributed by atoms with van der Waals surface area (Å²) in [5, 5.41) is 3.75. The van der Waals surface area contributed by atoms with Gasteiger partial charge in [0, 0.05) is 19.2 Å². The van der Waals surface area contributed by atoms with Crippen LogP contribution in [-0.4, -0.2) is 46.6 Å². The van der Waals surface area contributed by atoms with Crippen LogP contribution < -0.4 is 5.32 Å². The van der Waals surface area contributed by atoms with E-state index in [2.05, 4.69) is 5.32 Å². The topological polar surface area (TPSA) is 64.6 Å². The van der Waals surface area contributed by atoms with Crippen LogP contribution in [0.3, 0.4) is 0 Å². The molecule has 4 rings (SSSR count). The maximum atomic E-state index is 13.2. The van der Waals surface area contributed by atoms with Gasteiger partial charge < -0.3 is 14.8 Å². The van der Waals surface area contributed by atoms with Gasteiger partial charge in [-0.2, -0.15) is 0 Å². The Kier molecular flexibility index (Phi) is 8.00. The second kappa shape index (κ2) is 10.9. The van der Waals surface area contributed by atoms with Gasteiger partial charge in [0.2, 0.25) is 0 Å². The molecule has 174 valence electrons. The molecular formula is C26H35NO4S. The quantitative estimate of drug-likeness (QED) is 0.551. The van der Waals surface area contributed by atoms with Gasteiger partial charge in [0.05, 0.1) is 30.5 Å². The number of benzene rings is 2. The summed E-state index contributed by atoms with van der Waals surface area (Å²) in [4.78, 5) is 0.369. The SMILES string of the molecule is COC[C@H]1C[C@H]2CCC[C@H]2C1N[C@@H](COCc1ccccc1)CS(=O)(=O)c1ccccc1. The van der Waals surface area contributed by atoms with Crippen molar-refractivity contribution in [2.75, 3.05) is 26.1 Å². The van der Waals surface area contributed by atoms with Crippen molar-refractivity contribution in [2.45, 2.75) is 49.3 Å². The molecule has 0 amide bonds. The zero-order valence-electron chi connectivity index (χ0n) is 18.9. The summed E-state index contributed by atoms with van der Waals surface area (Å²) in [6.45, 7) is 1.55. The average Bonchev–Trinajstić information content (AvgIpc) is 3.38. The number of nitrogens with one attached hydrogen (secondary N) is 1. The first-order valence-electron chi connectivity index (χ1n) is 11.7. The lowest BCUT2D eigenvalue weighted by molar-refractivity contribution is 0.0871. The molecule has 2 saturated carbocycles. The lowest BCUT2D eigenvalue weighted by Crippen LogP contribution is -2.49. The second-order valence-corrected chi connectivity index (χ2v) is 11.3. The Bertz CT molecular complexity index is 935. The number of hydrogen-bond donors (Lipinski definition) is 1. The van der Waals surface area contributed by atoms with E-state index in [1.165, 1.54) is 25.7 Å². The Hall–Kier alpha value is -1.73. The van der Waals surface area contributed by atoms with E-state index < -0.39 is 9.84 Å². The van der Waals surface area contributed by atoms with Crippen LogP contribution in [-0.2, 0) is 25.9 Å². The Morgan fingerprint density at radius 1 is 1.03 bits per heavy atom. The summed E-state index contributed by atoms with van der Waals surface area (Å²) in [6.07, 6.45) is 4.93. The molecular weight excluding hydrogens is 422 g/mol. The third kappa shape index (κ3) is 5.79. The van der Waals surface area contributed by atoms with Crippen LogP contribution in [0.25, 0.3) is 0 Å². The van der Waals surface area contributed by atoms with Crippen LogP contribution in [0, 0.1) is 17.8 Å². The lowest BCUT2D eigenvalue weighted by atomic mass is 9.95. The first kappa shape index (κ1) is 23.4. The fourth-order valence-electron chi connectivity index (χ4n) is 5.66. The molecule has 0 radical (unpaired) electrons. The summed E-state index contributed by atoms with van der Waals surface area (Å²) in [5.74, 6) is 1.78. The minimum atomic E-state index is -3.42. The van der Waals surface area contributed by atoms with Gasteiger partial charge in [-0.3, -0.25) is 0 Å². The molecule has 0 heterocycles. The van der Waals surface area contributed by atoms with Gasteiger partial charge in [-0.15, -0.1) is 0 Å². The maximum Gasteiger partial charge on any atom is 0.179 e. The Balaban J connectivity index is 1.48. The van der Waals surface area contributed by atoms with Crippen molar-refractivity contribution in [2.24, 2.45) is 17.8 Å². The molecule has 5 nitrogen and oxygen atoms in total. The summed E-state index contributed by atoms with van der Waals surface area (Å²) in [7, 11) is -1.67. The number of hydrogen-bond acceptors (Lipinski definition) is 5. The van der Waals surface area contributed by atoms with Gasteiger partial charge in [0.1, 0.15) is 0 Å². The largest absolute Gasteiger partial charge is 0.384 e. The zero-order chi connectivity index (χ0) is 22.4. The number of rotatable bonds is 11. The highest BCUT2D eigenvalue weighted by molar-refractivity contribution is 7.91. The molecule has 2 aromatic rings. The van der Waals surface area contributed by atoms with Crippen molar-refractivity contribution in [3.8, 4) is 0 Å². The molecule has 2 aliphatic rings. The van der Waals surface area contributed by atoms with Crippen LogP contribution in [0.15, 0.2) is 65.6 Å². The zero-order valence-corrected chi connectivity index (χ0v) is 19.7. The van der Waals surface area contributed by atoms with Crippen molar-refractivity contribution in [1.82, 2.24) is 5.32 Å². The third-order valence-electron chi connectivity index (χ3n) is 7.05. The van der Waals surface area contributed by atoms with E-state index >= 15 is 0 Å². The second-order valence-electron chi connectivity index (χ2n) is 9.29. The first-order chi connectivity index (χ1) is 15.6. The smallest absolute Gasteiger partial charge is 0.179 e. The molecule has 32 heavy (non-hydrogen) atoms. The van der Waals surface area contributed by atoms with Crippen molar-refractivity contribution in [3.63, 3.8) is 0 Å². The molecule has 1 N–H and O–H groups in total. The highest BCUT2D eigenvalue weighted by Crippen LogP contribution is 2.47. The monoisotopic (exact) mass is 457 g/mol. The minimum Gasteiger partial charge on any atom is -0.384 e. The standard InChI is InChI=1S/C26H35NO4S/c1-30-17-22-15-21-11-8-14-25(21)26(22)27-23(18-31-16-20-9-4-2-5-10-20)19-32(28,29)24-12-6-3-7-13-24/h2-7,9-10,12-13,21-23,25-27H,8,11,14-19H2,1H3/t21-,22-,23+,25-,26?/m1/s1. The predicted molar refractivity (Wildman–Crippen MR) is 126 cm³/mol. The van der Waals surface area contributed by atoms with Gasteiger partial charge in [-0.1, -0.05) is 61.4 Å². The third-order valence-corrected chi connectivity index (χ3v) is 8.89. The first-order valence-corrected chi connectivity index (χ1v) is 13.4. The minimum absolute atomic E-state index is 0.0272. The van der Waals surface area contributed by atoms with Crippen molar-refractivity contribution in [3.05, 3.63) is 66.2 Å². The molecule has 0 bridgehead atoms. The summed E-state index contributed by atoms with van der Waals surface area (Å²) >= 11 is 0. The van der Waals surface area contributed by atoms with Crippen molar-refractivity contribution >= 4 is 9.84 Å². The van der Waals surface area contributed by atoms with Gasteiger partial charge in [0.15, 0.2) is 9.84 Å². The molecule has 0 aliphatic heterocycles. The van der Waals surface area contributed by atoms with E-state index in [9.17, 15) is 8.42 Å². The molecule has 0 saturated heterocycles. The number of fused-ring (bicyclic) bond motifs is 1. The molecule has 5 atom stereocenters. The van der Waals surface area contributed by atoms with Crippen LogP contribution >= 0.6 is 0 Å². The summed E-state index contributed by atoms with van der Waals surface area (Å²) < 4.78 is 37.9. The number of ether oxygens (including phenoxy) is 2. The van der Waals surface area contributed by atoms with E-state index in [-0.39, 0.29) is 17.8 Å². The predicted octanol–water partition coefficient (Wildman–Crippen LogP) is 4.09. The Morgan fingerprint density at radius 2 is 1.75 bits per heavy atom. The summed E-state index contributed by atoms with van der Waals surface area (Å²) in [5.41, 5.74) is 1.09. The maximum absolute atomic E-state index is 13.2. The van der Waals surface area contributed by atoms with E-state index in [1.807, 2.05) is 36.4 Å². The molecule has 0 spiro atoms. The van der Waals surface area contributed by atoms with Gasteiger partial charge in [0.25, 0.3) is 0 Å². The van der Waals surface area contributed by atoms with Gasteiger partial charge >= 0.3 is 0 Å². The van der Waals surface area contributed by atoms with E-state index in [0.29, 0.717) is 36.6 Å². The normalized spacial score (nSPS) is 26.2. The molecule has 1 unspecified atom stereocenters. The van der Waals surface area contributed by atoms with E-state index in [0.717, 1.165) is 11.5 Å². The molecule has 0 aromatic heterocycles. The number of methoxy groups -OCH3 is 1. The van der Waals surface area contributed by atoms with Crippen molar-refractivity contribution in [1.29, 1.82) is 0 Å². The molecule has 2 aromatic carbocycles. The Morgan fingerprint density at radius 3 is 2.47 bits per heavy atom. The fraction of sp³-hybridized carbons (Fsp3) is 0.538. The van der Waals surface area contributed by atoms with Gasteiger partial charge in [-0.05, 0) is 48.3 Å². The molecule has 2 aliphatic carbocycles. The van der Waals surface area contributed by atoms with Crippen LogP contribution in [0.2, 0.25) is 0 Å².